The largest absolute Gasteiger partial charge is 0.497 e. The van der Waals surface area contributed by atoms with E-state index >= 15 is 0 Å². The molecule has 242 valence electrons. The van der Waals surface area contributed by atoms with Gasteiger partial charge in [0, 0.05) is 23.5 Å². The van der Waals surface area contributed by atoms with Gasteiger partial charge in [0.2, 0.25) is 11.8 Å². The standard InChI is InChI=1S/C35H37ClFN3O5S/c1-35(2,3)38-34(42)32(21-25-9-6-5-7-10-25)39(23-26-13-15-28(37)16-14-26)33(41)24-40(29-12-8-11-27(36)22-29)46(43,44)31-19-17-30(45-4)18-20-31/h5-20,22,32H,21,23-24H2,1-4H3,(H,38,42). The summed E-state index contributed by atoms with van der Waals surface area (Å²) >= 11 is 6.27. The Morgan fingerprint density at radius 3 is 2.13 bits per heavy atom. The van der Waals surface area contributed by atoms with Gasteiger partial charge in [-0.1, -0.05) is 60.1 Å². The third-order valence-corrected chi connectivity index (χ3v) is 9.08. The zero-order chi connectivity index (χ0) is 33.5. The zero-order valence-electron chi connectivity index (χ0n) is 26.1. The molecule has 0 spiro atoms. The Morgan fingerprint density at radius 1 is 0.891 bits per heavy atom. The lowest BCUT2D eigenvalue weighted by atomic mass is 10.0. The fourth-order valence-corrected chi connectivity index (χ4v) is 6.42. The maximum Gasteiger partial charge on any atom is 0.264 e. The molecule has 1 N–H and O–H groups in total. The van der Waals surface area contributed by atoms with Gasteiger partial charge in [-0.05, 0) is 86.5 Å². The van der Waals surface area contributed by atoms with Crippen LogP contribution in [0.1, 0.15) is 31.9 Å². The monoisotopic (exact) mass is 665 g/mol. The number of amides is 2. The van der Waals surface area contributed by atoms with Gasteiger partial charge in [-0.3, -0.25) is 13.9 Å². The van der Waals surface area contributed by atoms with E-state index in [2.05, 4.69) is 5.32 Å². The van der Waals surface area contributed by atoms with Crippen LogP contribution in [-0.4, -0.2) is 50.4 Å². The molecule has 46 heavy (non-hydrogen) atoms. The van der Waals surface area contributed by atoms with Crippen LogP contribution in [0.2, 0.25) is 5.02 Å². The number of hydrogen-bond acceptors (Lipinski definition) is 5. The van der Waals surface area contributed by atoms with Crippen LogP contribution in [0.5, 0.6) is 5.75 Å². The second kappa shape index (κ2) is 14.8. The van der Waals surface area contributed by atoms with Crippen molar-refractivity contribution in [1.82, 2.24) is 10.2 Å². The van der Waals surface area contributed by atoms with Crippen LogP contribution in [0.25, 0.3) is 0 Å². The molecule has 1 atom stereocenters. The van der Waals surface area contributed by atoms with Gasteiger partial charge >= 0.3 is 0 Å². The molecule has 4 aromatic rings. The molecule has 0 saturated heterocycles. The first-order valence-corrected chi connectivity index (χ1v) is 16.4. The van der Waals surface area contributed by atoms with E-state index in [0.29, 0.717) is 11.3 Å². The molecule has 0 bridgehead atoms. The van der Waals surface area contributed by atoms with Gasteiger partial charge in [0.15, 0.2) is 0 Å². The predicted octanol–water partition coefficient (Wildman–Crippen LogP) is 6.24. The summed E-state index contributed by atoms with van der Waals surface area (Å²) in [6.07, 6.45) is 0.151. The van der Waals surface area contributed by atoms with E-state index in [4.69, 9.17) is 16.3 Å². The van der Waals surface area contributed by atoms with Crippen molar-refractivity contribution in [3.05, 3.63) is 125 Å². The first kappa shape index (κ1) is 34.5. The van der Waals surface area contributed by atoms with E-state index in [9.17, 15) is 22.4 Å². The number of nitrogens with zero attached hydrogens (tertiary/aromatic N) is 2. The first-order chi connectivity index (χ1) is 21.8. The van der Waals surface area contributed by atoms with Crippen LogP contribution in [0.15, 0.2) is 108 Å². The van der Waals surface area contributed by atoms with Gasteiger partial charge in [-0.25, -0.2) is 12.8 Å². The number of anilines is 1. The highest BCUT2D eigenvalue weighted by Gasteiger charge is 2.35. The van der Waals surface area contributed by atoms with Crippen LogP contribution in [0, 0.1) is 5.82 Å². The molecule has 0 aliphatic heterocycles. The van der Waals surface area contributed by atoms with E-state index in [-0.39, 0.29) is 28.6 Å². The van der Waals surface area contributed by atoms with Crippen LogP contribution in [0.3, 0.4) is 0 Å². The number of ether oxygens (including phenoxy) is 1. The Morgan fingerprint density at radius 2 is 1.54 bits per heavy atom. The molecule has 0 aromatic heterocycles. The van der Waals surface area contributed by atoms with E-state index in [1.165, 1.54) is 72.7 Å². The highest BCUT2D eigenvalue weighted by Crippen LogP contribution is 2.28. The lowest BCUT2D eigenvalue weighted by molar-refractivity contribution is -0.140. The summed E-state index contributed by atoms with van der Waals surface area (Å²) in [6, 6.07) is 25.8. The topological polar surface area (TPSA) is 96.0 Å². The van der Waals surface area contributed by atoms with E-state index < -0.39 is 45.8 Å². The Hall–Kier alpha value is -4.41. The molecule has 0 aliphatic carbocycles. The Bertz CT molecular complexity index is 1750. The van der Waals surface area contributed by atoms with Crippen LogP contribution in [-0.2, 0) is 32.6 Å². The number of nitrogens with one attached hydrogen (secondary N) is 1. The van der Waals surface area contributed by atoms with Crippen molar-refractivity contribution < 1.29 is 27.1 Å². The van der Waals surface area contributed by atoms with Crippen molar-refractivity contribution in [3.63, 3.8) is 0 Å². The predicted molar refractivity (Wildman–Crippen MR) is 178 cm³/mol. The SMILES string of the molecule is COc1ccc(S(=O)(=O)N(CC(=O)N(Cc2ccc(F)cc2)C(Cc2ccccc2)C(=O)NC(C)(C)C)c2cccc(Cl)c2)cc1. The van der Waals surface area contributed by atoms with E-state index in [1.807, 2.05) is 51.1 Å². The second-order valence-corrected chi connectivity index (χ2v) is 14.1. The van der Waals surface area contributed by atoms with Gasteiger partial charge in [-0.2, -0.15) is 0 Å². The Kier molecular flexibility index (Phi) is 11.1. The highest BCUT2D eigenvalue weighted by atomic mass is 35.5. The third-order valence-electron chi connectivity index (χ3n) is 7.06. The molecular formula is C35H37ClFN3O5S. The number of hydrogen-bond donors (Lipinski definition) is 1. The minimum Gasteiger partial charge on any atom is -0.497 e. The molecule has 1 unspecified atom stereocenters. The Balaban J connectivity index is 1.81. The number of benzene rings is 4. The number of halogens is 2. The molecule has 0 saturated carbocycles. The minimum absolute atomic E-state index is 0.0718. The summed E-state index contributed by atoms with van der Waals surface area (Å²) in [4.78, 5) is 29.7. The van der Waals surface area contributed by atoms with Crippen LogP contribution >= 0.6 is 11.6 Å². The molecule has 0 fully saturated rings. The average Bonchev–Trinajstić information content (AvgIpc) is 3.02. The number of sulfonamides is 1. The van der Waals surface area contributed by atoms with Gasteiger partial charge in [0.1, 0.15) is 24.2 Å². The van der Waals surface area contributed by atoms with Crippen molar-refractivity contribution in [2.75, 3.05) is 18.0 Å². The minimum atomic E-state index is -4.32. The summed E-state index contributed by atoms with van der Waals surface area (Å²) in [5.74, 6) is -1.06. The van der Waals surface area contributed by atoms with Crippen molar-refractivity contribution in [2.24, 2.45) is 0 Å². The Labute approximate surface area is 274 Å². The average molecular weight is 666 g/mol. The molecular weight excluding hydrogens is 629 g/mol. The summed E-state index contributed by atoms with van der Waals surface area (Å²) < 4.78 is 48.3. The summed E-state index contributed by atoms with van der Waals surface area (Å²) in [7, 11) is -2.84. The highest BCUT2D eigenvalue weighted by molar-refractivity contribution is 7.92. The number of carbonyl (C=O) groups is 2. The maximum absolute atomic E-state index is 14.5. The second-order valence-electron chi connectivity index (χ2n) is 11.8. The number of rotatable bonds is 12. The normalized spacial score (nSPS) is 12.2. The van der Waals surface area contributed by atoms with E-state index in [1.54, 1.807) is 12.1 Å². The number of carbonyl (C=O) groups excluding carboxylic acids is 2. The molecule has 2 amide bonds. The van der Waals surface area contributed by atoms with Gasteiger partial charge < -0.3 is 15.0 Å². The van der Waals surface area contributed by atoms with Crippen LogP contribution in [0.4, 0.5) is 10.1 Å². The molecule has 4 rings (SSSR count). The smallest absolute Gasteiger partial charge is 0.264 e. The van der Waals surface area contributed by atoms with Gasteiger partial charge in [-0.15, -0.1) is 0 Å². The zero-order valence-corrected chi connectivity index (χ0v) is 27.7. The summed E-state index contributed by atoms with van der Waals surface area (Å²) in [6.45, 7) is 4.76. The molecule has 4 aromatic carbocycles. The van der Waals surface area contributed by atoms with Gasteiger partial charge in [0.05, 0.1) is 17.7 Å². The fourth-order valence-electron chi connectivity index (χ4n) is 4.83. The molecule has 0 aliphatic rings. The third kappa shape index (κ3) is 9.08. The molecule has 0 heterocycles. The van der Waals surface area contributed by atoms with Gasteiger partial charge in [0.25, 0.3) is 10.0 Å². The van der Waals surface area contributed by atoms with Crippen molar-refractivity contribution in [1.29, 1.82) is 0 Å². The quantitative estimate of drug-likeness (QED) is 0.193. The van der Waals surface area contributed by atoms with Crippen LogP contribution < -0.4 is 14.4 Å². The van der Waals surface area contributed by atoms with E-state index in [0.717, 1.165) is 9.87 Å². The fraction of sp³-hybridized carbons (Fsp3) is 0.257. The maximum atomic E-state index is 14.5. The van der Waals surface area contributed by atoms with Crippen molar-refractivity contribution in [3.8, 4) is 5.75 Å². The van der Waals surface area contributed by atoms with Crippen molar-refractivity contribution >= 4 is 39.1 Å². The summed E-state index contributed by atoms with van der Waals surface area (Å²) in [5.41, 5.74) is 0.896. The molecule has 11 heteroatoms. The summed E-state index contributed by atoms with van der Waals surface area (Å²) in [5, 5.41) is 3.25. The first-order valence-electron chi connectivity index (χ1n) is 14.6. The lowest BCUT2D eigenvalue weighted by Crippen LogP contribution is -2.56. The number of methoxy groups -OCH3 is 1. The van der Waals surface area contributed by atoms with Crippen molar-refractivity contribution in [2.45, 2.75) is 50.2 Å². The molecule has 8 nitrogen and oxygen atoms in total. The lowest BCUT2D eigenvalue weighted by Gasteiger charge is -2.35. The molecule has 0 radical (unpaired) electrons.